The summed E-state index contributed by atoms with van der Waals surface area (Å²) < 4.78 is 9.59. The molecule has 0 aliphatic rings. The molecule has 6 heterocycles. The van der Waals surface area contributed by atoms with E-state index in [1.54, 1.807) is 0 Å². The molecule has 0 amide bonds. The zero-order valence-electron chi connectivity index (χ0n) is 60.7. The minimum Gasteiger partial charge on any atom is -0.309 e. The van der Waals surface area contributed by atoms with Gasteiger partial charge in [0.1, 0.15) is 11.0 Å². The molecule has 6 aromatic heterocycles. The smallest absolute Gasteiger partial charge is 0.160 e. The van der Waals surface area contributed by atoms with E-state index in [1.807, 2.05) is 11.3 Å². The SMILES string of the molecule is c1ccc(-c2cccc(-c3cccc(-c4nc(-c5cccc(-c6cccc7c6sc6ccccc67)c5)nc5c6ccccc6n(-c6ccccc6)c45)c3)c2)cc1.c1ccc(-c2cccc(-c3cccc(-c4nc(-c5cccc(-n6c7ccccc7c7ccccc76)c5)nc5c6ccccc6n(-c6ccccc6)c45)c3)c2)cc1. The summed E-state index contributed by atoms with van der Waals surface area (Å²) in [7, 11) is 0. The first-order valence-corrected chi connectivity index (χ1v) is 38.7. The predicted molar refractivity (Wildman–Crippen MR) is 469 cm³/mol. The Hall–Kier alpha value is -14.7. The summed E-state index contributed by atoms with van der Waals surface area (Å²) in [5.41, 5.74) is 29.0. The van der Waals surface area contributed by atoms with Gasteiger partial charge in [-0.1, -0.05) is 309 Å². The summed E-state index contributed by atoms with van der Waals surface area (Å²) in [5, 5.41) is 7.23. The van der Waals surface area contributed by atoms with Gasteiger partial charge in [-0.15, -0.1) is 11.3 Å². The van der Waals surface area contributed by atoms with Crippen LogP contribution in [0.15, 0.2) is 406 Å². The fourth-order valence-corrected chi connectivity index (χ4v) is 17.8. The van der Waals surface area contributed by atoms with Crippen LogP contribution in [0.5, 0.6) is 0 Å². The van der Waals surface area contributed by atoms with Crippen LogP contribution in [0.3, 0.4) is 0 Å². The Bertz CT molecular complexity index is 7320. The highest BCUT2D eigenvalue weighted by Crippen LogP contribution is 2.45. The summed E-state index contributed by atoms with van der Waals surface area (Å²) in [6, 6.07) is 144. The van der Waals surface area contributed by atoms with Gasteiger partial charge < -0.3 is 13.7 Å². The molecule has 0 bridgehead atoms. The molecule has 0 aliphatic heterocycles. The van der Waals surface area contributed by atoms with E-state index in [4.69, 9.17) is 19.9 Å². The maximum Gasteiger partial charge on any atom is 0.160 e. The molecule has 0 saturated heterocycles. The highest BCUT2D eigenvalue weighted by atomic mass is 32.1. The molecule has 112 heavy (non-hydrogen) atoms. The van der Waals surface area contributed by atoms with Crippen molar-refractivity contribution in [1.82, 2.24) is 33.6 Å². The van der Waals surface area contributed by atoms with Gasteiger partial charge in [-0.05, 0) is 153 Å². The van der Waals surface area contributed by atoms with Crippen molar-refractivity contribution in [3.8, 4) is 118 Å². The van der Waals surface area contributed by atoms with Crippen LogP contribution in [-0.4, -0.2) is 33.6 Å². The summed E-state index contributed by atoms with van der Waals surface area (Å²) in [4.78, 5) is 21.9. The van der Waals surface area contributed by atoms with Crippen molar-refractivity contribution in [3.05, 3.63) is 406 Å². The van der Waals surface area contributed by atoms with Gasteiger partial charge in [0, 0.05) is 81.0 Å². The standard InChI is InChI=1S/C52H34N4.C52H33N3S/c1-3-16-35(17-4-1)36-18-13-19-37(32-36)38-20-14-21-39(33-38)49-51-50(45-28-9-12-31-48(45)56(51)41-23-5-2-6-24-41)54-52(53-49)40-22-15-25-42(34-40)55-46-29-10-7-26-43(46)44-27-8-11-30-47(44)55;1-3-15-34(16-4-1)35-17-11-18-36(31-35)37-19-12-21-39(32-37)48-50-49(45-26-7-9-29-46(45)55(50)41-23-5-2-6-24-41)54-52(53-48)40-22-13-20-38(33-40)42-27-14-28-44-43-25-8-10-30-47(43)56-51(42)44/h1-34H;1-33H. The molecular weight excluding hydrogens is 1380 g/mol. The van der Waals surface area contributed by atoms with E-state index in [-0.39, 0.29) is 0 Å². The summed E-state index contributed by atoms with van der Waals surface area (Å²) >= 11 is 1.85. The normalized spacial score (nSPS) is 11.6. The maximum absolute atomic E-state index is 5.53. The Morgan fingerprint density at radius 1 is 0.196 bits per heavy atom. The number of thiophene rings is 1. The van der Waals surface area contributed by atoms with Crippen molar-refractivity contribution in [2.45, 2.75) is 0 Å². The Labute approximate surface area is 650 Å². The van der Waals surface area contributed by atoms with Crippen molar-refractivity contribution in [3.63, 3.8) is 0 Å². The second-order valence-electron chi connectivity index (χ2n) is 28.4. The van der Waals surface area contributed by atoms with E-state index < -0.39 is 0 Å². The van der Waals surface area contributed by atoms with Crippen LogP contribution in [-0.2, 0) is 0 Å². The number of hydrogen-bond donors (Lipinski definition) is 0. The van der Waals surface area contributed by atoms with E-state index in [9.17, 15) is 0 Å². The molecule has 0 N–H and O–H groups in total. The Morgan fingerprint density at radius 2 is 0.509 bits per heavy atom. The van der Waals surface area contributed by atoms with Crippen LogP contribution in [0.2, 0.25) is 0 Å². The molecule has 0 saturated carbocycles. The Kier molecular flexibility index (Phi) is 16.3. The second kappa shape index (κ2) is 27.8. The minimum atomic E-state index is 0.683. The van der Waals surface area contributed by atoms with Crippen LogP contribution >= 0.6 is 11.3 Å². The Balaban J connectivity index is 0.000000141. The molecule has 0 fully saturated rings. The summed E-state index contributed by atoms with van der Waals surface area (Å²) in [6.07, 6.45) is 0. The van der Waals surface area contributed by atoms with Crippen LogP contribution in [0.1, 0.15) is 0 Å². The van der Waals surface area contributed by atoms with Crippen LogP contribution in [0.25, 0.3) is 204 Å². The highest BCUT2D eigenvalue weighted by Gasteiger charge is 2.25. The number of hydrogen-bond acceptors (Lipinski definition) is 5. The van der Waals surface area contributed by atoms with Gasteiger partial charge in [0.15, 0.2) is 11.6 Å². The van der Waals surface area contributed by atoms with Crippen molar-refractivity contribution in [2.75, 3.05) is 0 Å². The highest BCUT2D eigenvalue weighted by molar-refractivity contribution is 7.26. The second-order valence-corrected chi connectivity index (χ2v) is 29.5. The fraction of sp³-hybridized carbons (Fsp3) is 0. The first-order valence-electron chi connectivity index (χ1n) is 37.9. The number of para-hydroxylation sites is 6. The van der Waals surface area contributed by atoms with Gasteiger partial charge >= 0.3 is 0 Å². The zero-order chi connectivity index (χ0) is 74.0. The summed E-state index contributed by atoms with van der Waals surface area (Å²) in [6.45, 7) is 0. The third kappa shape index (κ3) is 11.6. The van der Waals surface area contributed by atoms with E-state index in [2.05, 4.69) is 420 Å². The zero-order valence-corrected chi connectivity index (χ0v) is 61.5. The van der Waals surface area contributed by atoms with E-state index in [0.29, 0.717) is 11.6 Å². The lowest BCUT2D eigenvalue weighted by Crippen LogP contribution is -2.00. The molecular formula is C104H67N7S. The largest absolute Gasteiger partial charge is 0.309 e. The Morgan fingerprint density at radius 3 is 0.991 bits per heavy atom. The average molecular weight is 1450 g/mol. The molecule has 0 unspecified atom stereocenters. The fourth-order valence-electron chi connectivity index (χ4n) is 16.5. The van der Waals surface area contributed by atoms with Crippen LogP contribution in [0.4, 0.5) is 0 Å². The summed E-state index contributed by atoms with van der Waals surface area (Å²) in [5.74, 6) is 1.38. The van der Waals surface area contributed by atoms with E-state index >= 15 is 0 Å². The first-order chi connectivity index (χ1) is 55.5. The topological polar surface area (TPSA) is 66.3 Å². The van der Waals surface area contributed by atoms with Gasteiger partial charge in [-0.3, -0.25) is 0 Å². The molecule has 22 aromatic rings. The van der Waals surface area contributed by atoms with Crippen molar-refractivity contribution >= 4 is 97.2 Å². The lowest BCUT2D eigenvalue weighted by Gasteiger charge is -2.14. The van der Waals surface area contributed by atoms with Crippen molar-refractivity contribution < 1.29 is 0 Å². The first kappa shape index (κ1) is 65.6. The molecule has 0 radical (unpaired) electrons. The van der Waals surface area contributed by atoms with Gasteiger partial charge in [0.2, 0.25) is 0 Å². The average Bonchev–Trinajstić information content (AvgIpc) is 1.57. The molecule has 0 aliphatic carbocycles. The molecule has 0 atom stereocenters. The number of benzene rings is 16. The van der Waals surface area contributed by atoms with Crippen molar-refractivity contribution in [1.29, 1.82) is 0 Å². The van der Waals surface area contributed by atoms with Gasteiger partial charge in [-0.25, -0.2) is 19.9 Å². The maximum atomic E-state index is 5.53. The van der Waals surface area contributed by atoms with Gasteiger partial charge in [-0.2, -0.15) is 0 Å². The molecule has 8 heteroatoms. The minimum absolute atomic E-state index is 0.683. The predicted octanol–water partition coefficient (Wildman–Crippen LogP) is 27.6. The number of fused-ring (bicyclic) bond motifs is 12. The quantitative estimate of drug-likeness (QED) is 0.122. The molecule has 16 aromatic carbocycles. The van der Waals surface area contributed by atoms with Crippen LogP contribution in [0, 0.1) is 0 Å². The van der Waals surface area contributed by atoms with E-state index in [1.165, 1.54) is 69.8 Å². The number of nitrogens with zero attached hydrogens (tertiary/aromatic N) is 7. The molecule has 7 nitrogen and oxygen atoms in total. The third-order valence-corrected chi connectivity index (χ3v) is 22.9. The van der Waals surface area contributed by atoms with E-state index in [0.717, 1.165) is 122 Å². The molecule has 524 valence electrons. The molecule has 22 rings (SSSR count). The van der Waals surface area contributed by atoms with Gasteiger partial charge in [0.25, 0.3) is 0 Å². The van der Waals surface area contributed by atoms with Crippen LogP contribution < -0.4 is 0 Å². The van der Waals surface area contributed by atoms with Gasteiger partial charge in [0.05, 0.1) is 44.5 Å². The number of aromatic nitrogens is 7. The number of rotatable bonds is 12. The lowest BCUT2D eigenvalue weighted by molar-refractivity contribution is 1.14. The third-order valence-electron chi connectivity index (χ3n) is 21.7. The van der Waals surface area contributed by atoms with Crippen molar-refractivity contribution in [2.24, 2.45) is 0 Å². The lowest BCUT2D eigenvalue weighted by atomic mass is 9.97. The monoisotopic (exact) mass is 1450 g/mol. The molecule has 0 spiro atoms.